The van der Waals surface area contributed by atoms with Crippen molar-refractivity contribution in [1.82, 2.24) is 0 Å². The summed E-state index contributed by atoms with van der Waals surface area (Å²) in [6, 6.07) is 14.8. The average Bonchev–Trinajstić information content (AvgIpc) is 2.71. The van der Waals surface area contributed by atoms with E-state index in [2.05, 4.69) is 0 Å². The quantitative estimate of drug-likeness (QED) is 0.469. The standard InChI is InChI=1S/C21H13NO7/c23-19(24)11-1-5-14(6-2-11)22-15-7-3-12(20(25)26)9-17(15)29-18-10-13(21(27)28)4-8-16(18)22/h1-10H,(H,23,24)(H,25,26)(H,27,28). The first-order valence-corrected chi connectivity index (χ1v) is 8.41. The van der Waals surface area contributed by atoms with Gasteiger partial charge in [-0.1, -0.05) is 0 Å². The summed E-state index contributed by atoms with van der Waals surface area (Å²) in [4.78, 5) is 35.5. The maximum atomic E-state index is 11.3. The van der Waals surface area contributed by atoms with Crippen LogP contribution in [0.1, 0.15) is 31.1 Å². The first-order valence-electron chi connectivity index (χ1n) is 8.41. The van der Waals surface area contributed by atoms with Gasteiger partial charge in [0.2, 0.25) is 0 Å². The molecule has 4 rings (SSSR count). The van der Waals surface area contributed by atoms with Gasteiger partial charge < -0.3 is 25.0 Å². The molecule has 3 aromatic carbocycles. The van der Waals surface area contributed by atoms with Crippen LogP contribution < -0.4 is 9.64 Å². The SMILES string of the molecule is O=C(O)c1ccc(N2c3ccc(C(=O)O)cc3Oc3cc(C(=O)O)ccc32)cc1. The molecule has 1 aliphatic rings. The van der Waals surface area contributed by atoms with Crippen LogP contribution in [0.3, 0.4) is 0 Å². The van der Waals surface area contributed by atoms with Crippen LogP contribution in [0, 0.1) is 0 Å². The molecule has 1 aliphatic heterocycles. The third kappa shape index (κ3) is 3.12. The van der Waals surface area contributed by atoms with Crippen LogP contribution in [0.5, 0.6) is 11.5 Å². The van der Waals surface area contributed by atoms with Crippen molar-refractivity contribution in [2.24, 2.45) is 0 Å². The van der Waals surface area contributed by atoms with Crippen molar-refractivity contribution in [1.29, 1.82) is 0 Å². The Kier molecular flexibility index (Phi) is 4.16. The van der Waals surface area contributed by atoms with Crippen molar-refractivity contribution in [2.75, 3.05) is 4.90 Å². The molecule has 1 heterocycles. The van der Waals surface area contributed by atoms with Gasteiger partial charge in [-0.3, -0.25) is 0 Å². The summed E-state index contributed by atoms with van der Waals surface area (Å²) in [5.41, 5.74) is 1.82. The number of nitrogens with zero attached hydrogens (tertiary/aromatic N) is 1. The van der Waals surface area contributed by atoms with E-state index in [0.717, 1.165) is 0 Å². The Morgan fingerprint density at radius 3 is 1.45 bits per heavy atom. The molecule has 0 unspecified atom stereocenters. The topological polar surface area (TPSA) is 124 Å². The summed E-state index contributed by atoms with van der Waals surface area (Å²) in [7, 11) is 0. The normalized spacial score (nSPS) is 11.8. The number of benzene rings is 3. The highest BCUT2D eigenvalue weighted by molar-refractivity contribution is 5.95. The molecule has 0 saturated carbocycles. The third-order valence-electron chi connectivity index (χ3n) is 4.49. The van der Waals surface area contributed by atoms with Gasteiger partial charge in [0.25, 0.3) is 0 Å². The highest BCUT2D eigenvalue weighted by Gasteiger charge is 2.27. The van der Waals surface area contributed by atoms with Crippen molar-refractivity contribution in [3.63, 3.8) is 0 Å². The lowest BCUT2D eigenvalue weighted by atomic mass is 10.1. The number of carboxylic acid groups (broad SMARTS) is 3. The number of fused-ring (bicyclic) bond motifs is 2. The van der Waals surface area contributed by atoms with E-state index in [-0.39, 0.29) is 28.2 Å². The fourth-order valence-corrected chi connectivity index (χ4v) is 3.11. The molecular formula is C21H13NO7. The predicted octanol–water partition coefficient (Wildman–Crippen LogP) is 4.36. The predicted molar refractivity (Wildman–Crippen MR) is 102 cm³/mol. The summed E-state index contributed by atoms with van der Waals surface area (Å²) < 4.78 is 5.81. The lowest BCUT2D eigenvalue weighted by molar-refractivity contribution is 0.0686. The van der Waals surface area contributed by atoms with Crippen LogP contribution >= 0.6 is 0 Å². The monoisotopic (exact) mass is 391 g/mol. The second-order valence-corrected chi connectivity index (χ2v) is 6.26. The van der Waals surface area contributed by atoms with Crippen LogP contribution in [0.15, 0.2) is 60.7 Å². The second kappa shape index (κ2) is 6.68. The molecule has 3 aromatic rings. The molecule has 0 bridgehead atoms. The van der Waals surface area contributed by atoms with E-state index in [1.165, 1.54) is 36.4 Å². The summed E-state index contributed by atoms with van der Waals surface area (Å²) in [6.07, 6.45) is 0. The molecule has 0 saturated heterocycles. The second-order valence-electron chi connectivity index (χ2n) is 6.26. The first kappa shape index (κ1) is 18.1. The van der Waals surface area contributed by atoms with Gasteiger partial charge in [-0.2, -0.15) is 0 Å². The van der Waals surface area contributed by atoms with E-state index in [9.17, 15) is 24.6 Å². The van der Waals surface area contributed by atoms with Gasteiger partial charge in [-0.15, -0.1) is 0 Å². The van der Waals surface area contributed by atoms with Gasteiger partial charge >= 0.3 is 17.9 Å². The lowest BCUT2D eigenvalue weighted by Crippen LogP contribution is -2.17. The van der Waals surface area contributed by atoms with E-state index >= 15 is 0 Å². The number of carbonyl (C=O) groups is 3. The van der Waals surface area contributed by atoms with Crippen molar-refractivity contribution >= 4 is 35.0 Å². The number of ether oxygens (including phenoxy) is 1. The largest absolute Gasteiger partial charge is 0.478 e. The molecule has 3 N–H and O–H groups in total. The Hall–Kier alpha value is -4.33. The molecule has 8 nitrogen and oxygen atoms in total. The fourth-order valence-electron chi connectivity index (χ4n) is 3.11. The maximum Gasteiger partial charge on any atom is 0.335 e. The number of hydrogen-bond acceptors (Lipinski definition) is 5. The van der Waals surface area contributed by atoms with E-state index in [4.69, 9.17) is 9.84 Å². The zero-order valence-electron chi connectivity index (χ0n) is 14.7. The Morgan fingerprint density at radius 2 is 1.03 bits per heavy atom. The van der Waals surface area contributed by atoms with Crippen LogP contribution in [0.25, 0.3) is 0 Å². The highest BCUT2D eigenvalue weighted by atomic mass is 16.5. The van der Waals surface area contributed by atoms with Gasteiger partial charge in [-0.25, -0.2) is 14.4 Å². The molecular weight excluding hydrogens is 378 g/mol. The van der Waals surface area contributed by atoms with Crippen molar-refractivity contribution < 1.29 is 34.4 Å². The Balaban J connectivity index is 1.90. The zero-order chi connectivity index (χ0) is 20.7. The van der Waals surface area contributed by atoms with Gasteiger partial charge in [0, 0.05) is 5.69 Å². The minimum atomic E-state index is -1.13. The Morgan fingerprint density at radius 1 is 0.621 bits per heavy atom. The van der Waals surface area contributed by atoms with E-state index in [1.54, 1.807) is 29.2 Å². The Bertz CT molecular complexity index is 1100. The minimum absolute atomic E-state index is 0.0164. The number of anilines is 3. The van der Waals surface area contributed by atoms with Gasteiger partial charge in [0.05, 0.1) is 28.1 Å². The average molecular weight is 391 g/mol. The number of rotatable bonds is 4. The molecule has 0 fully saturated rings. The number of aromatic carboxylic acids is 3. The molecule has 8 heteroatoms. The first-order chi connectivity index (χ1) is 13.8. The van der Waals surface area contributed by atoms with Crippen LogP contribution in [-0.4, -0.2) is 33.2 Å². The van der Waals surface area contributed by atoms with E-state index < -0.39 is 17.9 Å². The van der Waals surface area contributed by atoms with Crippen LogP contribution in [-0.2, 0) is 0 Å². The van der Waals surface area contributed by atoms with Crippen molar-refractivity contribution in [3.8, 4) is 11.5 Å². The highest BCUT2D eigenvalue weighted by Crippen LogP contribution is 2.50. The molecule has 0 amide bonds. The lowest BCUT2D eigenvalue weighted by Gasteiger charge is -2.33. The smallest absolute Gasteiger partial charge is 0.335 e. The molecule has 0 radical (unpaired) electrons. The van der Waals surface area contributed by atoms with E-state index in [0.29, 0.717) is 17.1 Å². The molecule has 29 heavy (non-hydrogen) atoms. The fraction of sp³-hybridized carbons (Fsp3) is 0. The summed E-state index contributed by atoms with van der Waals surface area (Å²) in [5, 5.41) is 27.6. The number of hydrogen-bond donors (Lipinski definition) is 3. The third-order valence-corrected chi connectivity index (χ3v) is 4.49. The summed E-state index contributed by atoms with van der Waals surface area (Å²) in [6.45, 7) is 0. The molecule has 0 aliphatic carbocycles. The molecule has 144 valence electrons. The number of carboxylic acids is 3. The van der Waals surface area contributed by atoms with Crippen LogP contribution in [0.4, 0.5) is 17.1 Å². The van der Waals surface area contributed by atoms with Gasteiger partial charge in [-0.05, 0) is 60.7 Å². The van der Waals surface area contributed by atoms with Gasteiger partial charge in [0.15, 0.2) is 11.5 Å². The Labute approximate surface area is 163 Å². The molecule has 0 spiro atoms. The minimum Gasteiger partial charge on any atom is -0.478 e. The van der Waals surface area contributed by atoms with E-state index in [1.807, 2.05) is 0 Å². The molecule has 0 atom stereocenters. The van der Waals surface area contributed by atoms with Crippen molar-refractivity contribution in [2.45, 2.75) is 0 Å². The maximum absolute atomic E-state index is 11.3. The van der Waals surface area contributed by atoms with Gasteiger partial charge in [0.1, 0.15) is 0 Å². The molecule has 0 aromatic heterocycles. The van der Waals surface area contributed by atoms with Crippen LogP contribution in [0.2, 0.25) is 0 Å². The zero-order valence-corrected chi connectivity index (χ0v) is 14.7. The van der Waals surface area contributed by atoms with Crippen molar-refractivity contribution in [3.05, 3.63) is 77.4 Å². The summed E-state index contributed by atoms with van der Waals surface area (Å²) >= 11 is 0. The summed E-state index contributed by atoms with van der Waals surface area (Å²) in [5.74, 6) is -2.83.